The summed E-state index contributed by atoms with van der Waals surface area (Å²) >= 11 is 3.33. The maximum absolute atomic E-state index is 12.4. The van der Waals surface area contributed by atoms with E-state index in [9.17, 15) is 9.59 Å². The van der Waals surface area contributed by atoms with Crippen LogP contribution in [0, 0.1) is 10.8 Å². The highest BCUT2D eigenvalue weighted by Gasteiger charge is 2.53. The van der Waals surface area contributed by atoms with E-state index in [1.54, 1.807) is 6.08 Å². The molecule has 0 saturated heterocycles. The molecule has 1 fully saturated rings. The van der Waals surface area contributed by atoms with Gasteiger partial charge in [0.2, 0.25) is 0 Å². The normalized spacial score (nSPS) is 33.1. The van der Waals surface area contributed by atoms with Crippen LogP contribution in [-0.4, -0.2) is 17.9 Å². The zero-order valence-electron chi connectivity index (χ0n) is 11.7. The second kappa shape index (κ2) is 4.58. The Morgan fingerprint density at radius 1 is 1.37 bits per heavy atom. The third-order valence-corrected chi connectivity index (χ3v) is 5.05. The average molecular weight is 327 g/mol. The van der Waals surface area contributed by atoms with Gasteiger partial charge in [0, 0.05) is 12.3 Å². The fourth-order valence-corrected chi connectivity index (χ4v) is 3.91. The van der Waals surface area contributed by atoms with Crippen LogP contribution in [0.5, 0.6) is 0 Å². The van der Waals surface area contributed by atoms with E-state index in [0.717, 1.165) is 5.57 Å². The number of hydrogen-bond donors (Lipinski definition) is 0. The van der Waals surface area contributed by atoms with Crippen molar-refractivity contribution in [3.8, 4) is 0 Å². The quantitative estimate of drug-likeness (QED) is 0.692. The predicted molar refractivity (Wildman–Crippen MR) is 76.8 cm³/mol. The van der Waals surface area contributed by atoms with Crippen LogP contribution in [0.2, 0.25) is 0 Å². The van der Waals surface area contributed by atoms with Crippen LogP contribution in [0.3, 0.4) is 0 Å². The fraction of sp³-hybridized carbons (Fsp3) is 0.600. The van der Waals surface area contributed by atoms with Gasteiger partial charge in [-0.25, -0.2) is 0 Å². The van der Waals surface area contributed by atoms with E-state index in [1.807, 2.05) is 26.8 Å². The van der Waals surface area contributed by atoms with Crippen molar-refractivity contribution in [2.75, 3.05) is 0 Å². The first-order valence-corrected chi connectivity index (χ1v) is 7.29. The Morgan fingerprint density at radius 2 is 2.00 bits per heavy atom. The van der Waals surface area contributed by atoms with Gasteiger partial charge in [0.15, 0.2) is 5.78 Å². The number of ketones is 1. The second-order valence-electron chi connectivity index (χ2n) is 6.11. The Morgan fingerprint density at radius 3 is 2.58 bits per heavy atom. The monoisotopic (exact) mass is 326 g/mol. The molecule has 0 radical (unpaired) electrons. The lowest BCUT2D eigenvalue weighted by Gasteiger charge is -2.49. The minimum atomic E-state index is -0.478. The number of fused-ring (bicyclic) bond motifs is 1. The molecule has 0 amide bonds. The Hall–Kier alpha value is -0.900. The first-order chi connectivity index (χ1) is 8.69. The molecule has 0 aliphatic heterocycles. The lowest BCUT2D eigenvalue weighted by atomic mass is 9.56. The Balaban J connectivity index is 2.44. The summed E-state index contributed by atoms with van der Waals surface area (Å²) in [5, 5.41) is 0. The topological polar surface area (TPSA) is 43.4 Å². The van der Waals surface area contributed by atoms with Gasteiger partial charge in [-0.05, 0) is 47.3 Å². The standard InChI is InChI=1S/C15H19BrO3/c1-9(17)19-12-7-8-15(4)11(14(12,2)3)6-5-10(16)13(15)18/h5-6,12H,7-8H2,1-4H3/t12-,15-/m0/s1. The minimum Gasteiger partial charge on any atom is -0.462 e. The van der Waals surface area contributed by atoms with E-state index in [1.165, 1.54) is 6.92 Å². The number of hydrogen-bond acceptors (Lipinski definition) is 3. The van der Waals surface area contributed by atoms with E-state index in [-0.39, 0.29) is 23.3 Å². The van der Waals surface area contributed by atoms with Crippen LogP contribution >= 0.6 is 15.9 Å². The molecule has 2 atom stereocenters. The third-order valence-electron chi connectivity index (χ3n) is 4.42. The fourth-order valence-electron chi connectivity index (χ4n) is 3.34. The number of rotatable bonds is 1. The van der Waals surface area contributed by atoms with Gasteiger partial charge in [-0.2, -0.15) is 0 Å². The van der Waals surface area contributed by atoms with Crippen molar-refractivity contribution in [3.05, 3.63) is 22.2 Å². The van der Waals surface area contributed by atoms with Gasteiger partial charge in [0.05, 0.1) is 9.90 Å². The van der Waals surface area contributed by atoms with Gasteiger partial charge >= 0.3 is 5.97 Å². The van der Waals surface area contributed by atoms with E-state index in [0.29, 0.717) is 17.3 Å². The largest absolute Gasteiger partial charge is 0.462 e. The molecule has 104 valence electrons. The van der Waals surface area contributed by atoms with Crippen molar-refractivity contribution in [2.45, 2.75) is 46.6 Å². The van der Waals surface area contributed by atoms with Crippen molar-refractivity contribution in [1.82, 2.24) is 0 Å². The molecule has 2 aliphatic carbocycles. The summed E-state index contributed by atoms with van der Waals surface area (Å²) in [4.78, 5) is 23.7. The maximum Gasteiger partial charge on any atom is 0.302 e. The molecule has 0 bridgehead atoms. The summed E-state index contributed by atoms with van der Waals surface area (Å²) in [6, 6.07) is 0. The van der Waals surface area contributed by atoms with Crippen LogP contribution in [-0.2, 0) is 14.3 Å². The SMILES string of the molecule is CC(=O)O[C@H]1CC[C@]2(C)C(=O)C(Br)=CC=C2C1(C)C. The third kappa shape index (κ3) is 2.20. The summed E-state index contributed by atoms with van der Waals surface area (Å²) in [5.41, 5.74) is 0.261. The highest BCUT2D eigenvalue weighted by atomic mass is 79.9. The summed E-state index contributed by atoms with van der Waals surface area (Å²) in [7, 11) is 0. The van der Waals surface area contributed by atoms with Crippen LogP contribution in [0.25, 0.3) is 0 Å². The molecule has 4 heteroatoms. The number of ether oxygens (including phenoxy) is 1. The molecule has 2 aliphatic rings. The predicted octanol–water partition coefficient (Wildman–Crippen LogP) is 3.53. The zero-order valence-corrected chi connectivity index (χ0v) is 13.3. The van der Waals surface area contributed by atoms with Crippen molar-refractivity contribution in [2.24, 2.45) is 10.8 Å². The number of halogens is 1. The van der Waals surface area contributed by atoms with Crippen LogP contribution in [0.15, 0.2) is 22.2 Å². The number of carbonyl (C=O) groups excluding carboxylic acids is 2. The second-order valence-corrected chi connectivity index (χ2v) is 6.97. The van der Waals surface area contributed by atoms with Gasteiger partial charge < -0.3 is 4.74 Å². The zero-order chi connectivity index (χ0) is 14.4. The molecule has 0 N–H and O–H groups in total. The van der Waals surface area contributed by atoms with Crippen molar-refractivity contribution >= 4 is 27.7 Å². The lowest BCUT2D eigenvalue weighted by Crippen LogP contribution is -2.49. The molecule has 0 aromatic rings. The van der Waals surface area contributed by atoms with Gasteiger partial charge in [0.25, 0.3) is 0 Å². The van der Waals surface area contributed by atoms with E-state index < -0.39 is 5.41 Å². The maximum atomic E-state index is 12.4. The molecule has 1 saturated carbocycles. The van der Waals surface area contributed by atoms with E-state index in [2.05, 4.69) is 15.9 Å². The Kier molecular flexibility index (Phi) is 3.50. The molecule has 0 spiro atoms. The first-order valence-electron chi connectivity index (χ1n) is 6.50. The summed E-state index contributed by atoms with van der Waals surface area (Å²) in [6.07, 6.45) is 5.06. The van der Waals surface area contributed by atoms with Crippen molar-refractivity contribution < 1.29 is 14.3 Å². The van der Waals surface area contributed by atoms with Crippen molar-refractivity contribution in [3.63, 3.8) is 0 Å². The van der Waals surface area contributed by atoms with Crippen molar-refractivity contribution in [1.29, 1.82) is 0 Å². The summed E-state index contributed by atoms with van der Waals surface area (Å²) in [5.74, 6) is -0.138. The molecule has 19 heavy (non-hydrogen) atoms. The lowest BCUT2D eigenvalue weighted by molar-refractivity contribution is -0.155. The number of carbonyl (C=O) groups is 2. The molecule has 3 nitrogen and oxygen atoms in total. The van der Waals surface area contributed by atoms with Gasteiger partial charge in [-0.15, -0.1) is 0 Å². The average Bonchev–Trinajstić information content (AvgIpc) is 2.29. The molecule has 0 unspecified atom stereocenters. The molecular weight excluding hydrogens is 308 g/mol. The van der Waals surface area contributed by atoms with Gasteiger partial charge in [-0.1, -0.05) is 19.9 Å². The molecule has 0 aromatic heterocycles. The number of esters is 1. The van der Waals surface area contributed by atoms with Gasteiger partial charge in [-0.3, -0.25) is 9.59 Å². The van der Waals surface area contributed by atoms with Crippen LogP contribution in [0.1, 0.15) is 40.5 Å². The summed E-state index contributed by atoms with van der Waals surface area (Å²) < 4.78 is 6.06. The molecule has 0 heterocycles. The number of Topliss-reactive ketones (excluding diaryl/α,β-unsaturated/α-hetero) is 1. The summed E-state index contributed by atoms with van der Waals surface area (Å²) in [6.45, 7) is 7.51. The smallest absolute Gasteiger partial charge is 0.302 e. The van der Waals surface area contributed by atoms with Gasteiger partial charge in [0.1, 0.15) is 6.10 Å². The highest BCUT2D eigenvalue weighted by molar-refractivity contribution is 9.12. The van der Waals surface area contributed by atoms with E-state index in [4.69, 9.17) is 4.74 Å². The highest BCUT2D eigenvalue weighted by Crippen LogP contribution is 2.54. The molecule has 2 rings (SSSR count). The first kappa shape index (κ1) is 14.5. The number of allylic oxidation sites excluding steroid dienone is 3. The minimum absolute atomic E-state index is 0.124. The Labute approximate surface area is 122 Å². The van der Waals surface area contributed by atoms with Crippen LogP contribution in [0.4, 0.5) is 0 Å². The van der Waals surface area contributed by atoms with E-state index >= 15 is 0 Å². The molecule has 0 aromatic carbocycles. The molecular formula is C15H19BrO3. The van der Waals surface area contributed by atoms with Crippen LogP contribution < -0.4 is 0 Å². The Bertz CT molecular complexity index is 502.